The molecule has 1 heterocycles. The van der Waals surface area contributed by atoms with Gasteiger partial charge in [-0.25, -0.2) is 0 Å². The zero-order valence-electron chi connectivity index (χ0n) is 12.2. The molecule has 1 amide bonds. The van der Waals surface area contributed by atoms with Crippen LogP contribution in [0.15, 0.2) is 28.7 Å². The number of hydrogen-bond donors (Lipinski definition) is 1. The number of nitrogens with zero attached hydrogens (tertiary/aromatic N) is 1. The number of likely N-dealkylation sites (tertiary alicyclic amines) is 1. The Hall–Kier alpha value is -0.870. The second-order valence-corrected chi connectivity index (χ2v) is 6.45. The standard InChI is InChI=1S/C16H23BrN2O/c1-12(14-7-3-4-8-15(14)17)10-16(20)19-9-5-6-13(11-19)18-2/h3-4,7-8,12-13,18H,5-6,9-11H2,1-2H3/t12-,13-/m1/s1. The molecule has 0 radical (unpaired) electrons. The normalized spacial score (nSPS) is 20.8. The summed E-state index contributed by atoms with van der Waals surface area (Å²) in [6, 6.07) is 8.61. The number of rotatable bonds is 4. The predicted molar refractivity (Wildman–Crippen MR) is 85.8 cm³/mol. The minimum absolute atomic E-state index is 0.244. The SMILES string of the molecule is CN[C@@H]1CCCN(C(=O)C[C@@H](C)c2ccccc2Br)C1. The van der Waals surface area contributed by atoms with E-state index in [2.05, 4.69) is 34.2 Å². The maximum Gasteiger partial charge on any atom is 0.223 e. The first-order chi connectivity index (χ1) is 9.61. The quantitative estimate of drug-likeness (QED) is 0.914. The zero-order valence-corrected chi connectivity index (χ0v) is 13.8. The summed E-state index contributed by atoms with van der Waals surface area (Å²) >= 11 is 3.57. The number of likely N-dealkylation sites (N-methyl/N-ethyl adjacent to an activating group) is 1. The molecule has 0 bridgehead atoms. The van der Waals surface area contributed by atoms with E-state index in [0.717, 1.165) is 24.0 Å². The van der Waals surface area contributed by atoms with Crippen LogP contribution in [0.4, 0.5) is 0 Å². The first-order valence-electron chi connectivity index (χ1n) is 7.31. The van der Waals surface area contributed by atoms with Crippen molar-refractivity contribution in [1.82, 2.24) is 10.2 Å². The van der Waals surface area contributed by atoms with E-state index in [0.29, 0.717) is 12.5 Å². The van der Waals surface area contributed by atoms with Crippen molar-refractivity contribution in [2.24, 2.45) is 0 Å². The van der Waals surface area contributed by atoms with Gasteiger partial charge in [-0.2, -0.15) is 0 Å². The lowest BCUT2D eigenvalue weighted by molar-refractivity contribution is -0.132. The van der Waals surface area contributed by atoms with Gasteiger partial charge in [0, 0.05) is 30.0 Å². The molecule has 1 aliphatic rings. The minimum Gasteiger partial charge on any atom is -0.341 e. The predicted octanol–water partition coefficient (Wildman–Crippen LogP) is 3.15. The summed E-state index contributed by atoms with van der Waals surface area (Å²) in [6.45, 7) is 3.87. The van der Waals surface area contributed by atoms with Gasteiger partial charge in [-0.3, -0.25) is 4.79 Å². The van der Waals surface area contributed by atoms with Gasteiger partial charge in [0.05, 0.1) is 0 Å². The van der Waals surface area contributed by atoms with E-state index < -0.39 is 0 Å². The fourth-order valence-corrected chi connectivity index (χ4v) is 3.49. The third-order valence-electron chi connectivity index (χ3n) is 4.10. The molecule has 0 aromatic heterocycles. The minimum atomic E-state index is 0.244. The van der Waals surface area contributed by atoms with Crippen LogP contribution in [-0.2, 0) is 4.79 Å². The molecule has 2 rings (SSSR count). The fraction of sp³-hybridized carbons (Fsp3) is 0.562. The van der Waals surface area contributed by atoms with Gasteiger partial charge in [0.1, 0.15) is 0 Å². The molecule has 1 aromatic rings. The van der Waals surface area contributed by atoms with Gasteiger partial charge in [-0.1, -0.05) is 41.1 Å². The Balaban J connectivity index is 1.95. The Kier molecular flexibility index (Phi) is 5.61. The third kappa shape index (κ3) is 3.83. The second-order valence-electron chi connectivity index (χ2n) is 5.59. The lowest BCUT2D eigenvalue weighted by atomic mass is 9.96. The van der Waals surface area contributed by atoms with E-state index in [9.17, 15) is 4.79 Å². The van der Waals surface area contributed by atoms with Gasteiger partial charge < -0.3 is 10.2 Å². The Morgan fingerprint density at radius 1 is 1.50 bits per heavy atom. The lowest BCUT2D eigenvalue weighted by Gasteiger charge is -2.33. The van der Waals surface area contributed by atoms with Crippen molar-refractivity contribution in [2.45, 2.75) is 38.1 Å². The number of amides is 1. The summed E-state index contributed by atoms with van der Waals surface area (Å²) in [4.78, 5) is 14.4. The lowest BCUT2D eigenvalue weighted by Crippen LogP contribution is -2.47. The number of carbonyl (C=O) groups excluding carboxylic acids is 1. The summed E-state index contributed by atoms with van der Waals surface area (Å²) in [5.41, 5.74) is 1.21. The highest BCUT2D eigenvalue weighted by atomic mass is 79.9. The fourth-order valence-electron chi connectivity index (χ4n) is 2.82. The monoisotopic (exact) mass is 338 g/mol. The molecule has 1 aromatic carbocycles. The van der Waals surface area contributed by atoms with Crippen molar-refractivity contribution in [3.05, 3.63) is 34.3 Å². The molecular weight excluding hydrogens is 316 g/mol. The summed E-state index contributed by atoms with van der Waals surface area (Å²) in [6.07, 6.45) is 2.85. The second kappa shape index (κ2) is 7.23. The number of nitrogens with one attached hydrogen (secondary N) is 1. The Morgan fingerprint density at radius 2 is 2.25 bits per heavy atom. The van der Waals surface area contributed by atoms with Crippen LogP contribution >= 0.6 is 15.9 Å². The topological polar surface area (TPSA) is 32.3 Å². The summed E-state index contributed by atoms with van der Waals surface area (Å²) in [5.74, 6) is 0.515. The summed E-state index contributed by atoms with van der Waals surface area (Å²) in [7, 11) is 1.97. The molecule has 0 aliphatic carbocycles. The molecule has 0 saturated carbocycles. The molecule has 1 N–H and O–H groups in total. The molecule has 1 saturated heterocycles. The van der Waals surface area contributed by atoms with Crippen molar-refractivity contribution in [3.8, 4) is 0 Å². The van der Waals surface area contributed by atoms with Gasteiger partial charge >= 0.3 is 0 Å². The van der Waals surface area contributed by atoms with Crippen LogP contribution in [0.2, 0.25) is 0 Å². The smallest absolute Gasteiger partial charge is 0.223 e. The van der Waals surface area contributed by atoms with Crippen molar-refractivity contribution >= 4 is 21.8 Å². The number of piperidine rings is 1. The molecule has 1 fully saturated rings. The molecule has 3 nitrogen and oxygen atoms in total. The van der Waals surface area contributed by atoms with Gasteiger partial charge in [0.2, 0.25) is 5.91 Å². The molecule has 4 heteroatoms. The number of carbonyl (C=O) groups is 1. The Morgan fingerprint density at radius 3 is 2.95 bits per heavy atom. The average Bonchev–Trinajstić information content (AvgIpc) is 2.47. The van der Waals surface area contributed by atoms with Crippen molar-refractivity contribution in [1.29, 1.82) is 0 Å². The van der Waals surface area contributed by atoms with Crippen molar-refractivity contribution < 1.29 is 4.79 Å². The van der Waals surface area contributed by atoms with E-state index in [-0.39, 0.29) is 11.8 Å². The number of halogens is 1. The van der Waals surface area contributed by atoms with Gasteiger partial charge in [-0.05, 0) is 37.4 Å². The largest absolute Gasteiger partial charge is 0.341 e. The van der Waals surface area contributed by atoms with Crippen molar-refractivity contribution in [3.63, 3.8) is 0 Å². The molecule has 20 heavy (non-hydrogen) atoms. The maximum atomic E-state index is 12.4. The summed E-state index contributed by atoms with van der Waals surface area (Å²) < 4.78 is 1.09. The van der Waals surface area contributed by atoms with Crippen LogP contribution in [0, 0.1) is 0 Å². The van der Waals surface area contributed by atoms with Gasteiger partial charge in [0.15, 0.2) is 0 Å². The average molecular weight is 339 g/mol. The first-order valence-corrected chi connectivity index (χ1v) is 8.10. The molecule has 0 spiro atoms. The van der Waals surface area contributed by atoms with Gasteiger partial charge in [-0.15, -0.1) is 0 Å². The van der Waals surface area contributed by atoms with Crippen LogP contribution in [0.3, 0.4) is 0 Å². The Bertz CT molecular complexity index is 464. The summed E-state index contributed by atoms with van der Waals surface area (Å²) in [5, 5.41) is 3.28. The van der Waals surface area contributed by atoms with Crippen LogP contribution in [-0.4, -0.2) is 37.0 Å². The van der Waals surface area contributed by atoms with Crippen LogP contribution in [0.1, 0.15) is 37.7 Å². The van der Waals surface area contributed by atoms with E-state index in [1.165, 1.54) is 12.0 Å². The molecule has 2 atom stereocenters. The van der Waals surface area contributed by atoms with E-state index >= 15 is 0 Å². The third-order valence-corrected chi connectivity index (χ3v) is 4.82. The molecular formula is C16H23BrN2O. The maximum absolute atomic E-state index is 12.4. The number of benzene rings is 1. The Labute approximate surface area is 129 Å². The molecule has 0 unspecified atom stereocenters. The molecule has 110 valence electrons. The van der Waals surface area contributed by atoms with Crippen LogP contribution in [0.5, 0.6) is 0 Å². The van der Waals surface area contributed by atoms with E-state index in [1.807, 2.05) is 30.1 Å². The van der Waals surface area contributed by atoms with Crippen LogP contribution < -0.4 is 5.32 Å². The zero-order chi connectivity index (χ0) is 14.5. The van der Waals surface area contributed by atoms with E-state index in [4.69, 9.17) is 0 Å². The van der Waals surface area contributed by atoms with Crippen LogP contribution in [0.25, 0.3) is 0 Å². The van der Waals surface area contributed by atoms with E-state index in [1.54, 1.807) is 0 Å². The molecule has 1 aliphatic heterocycles. The first kappa shape index (κ1) is 15.5. The number of hydrogen-bond acceptors (Lipinski definition) is 2. The van der Waals surface area contributed by atoms with Crippen molar-refractivity contribution in [2.75, 3.05) is 20.1 Å². The highest BCUT2D eigenvalue weighted by Crippen LogP contribution is 2.27. The van der Waals surface area contributed by atoms with Gasteiger partial charge in [0.25, 0.3) is 0 Å². The highest BCUT2D eigenvalue weighted by molar-refractivity contribution is 9.10. The highest BCUT2D eigenvalue weighted by Gasteiger charge is 2.24.